The second-order valence-electron chi connectivity index (χ2n) is 8.53. The summed E-state index contributed by atoms with van der Waals surface area (Å²) in [6.45, 7) is -0.693. The zero-order chi connectivity index (χ0) is 22.5. The van der Waals surface area contributed by atoms with Crippen molar-refractivity contribution in [3.63, 3.8) is 0 Å². The van der Waals surface area contributed by atoms with Crippen LogP contribution in [0.3, 0.4) is 0 Å². The predicted octanol–water partition coefficient (Wildman–Crippen LogP) is 3.09. The molecular formula is C17H21F5O7S. The molecule has 1 unspecified atom stereocenters. The molecule has 30 heavy (non-hydrogen) atoms. The van der Waals surface area contributed by atoms with Crippen LogP contribution in [0.25, 0.3) is 0 Å². The molecule has 4 aliphatic rings. The summed E-state index contributed by atoms with van der Waals surface area (Å²) in [7, 11) is -6.51. The Kier molecular flexibility index (Phi) is 5.85. The van der Waals surface area contributed by atoms with Gasteiger partial charge in [0.25, 0.3) is 6.10 Å². The maximum atomic E-state index is 13.4. The number of halogens is 5. The fourth-order valence-electron chi connectivity index (χ4n) is 5.39. The summed E-state index contributed by atoms with van der Waals surface area (Å²) < 4.78 is 103. The van der Waals surface area contributed by atoms with Gasteiger partial charge in [-0.2, -0.15) is 30.4 Å². The molecule has 0 aliphatic heterocycles. The van der Waals surface area contributed by atoms with Crippen LogP contribution < -0.4 is 0 Å². The molecule has 0 radical (unpaired) electrons. The van der Waals surface area contributed by atoms with Crippen LogP contribution in [0.4, 0.5) is 22.0 Å². The standard InChI is InChI=1S/C17H21F5O7S/c18-16(19,20)13(17(21,22)30(25,26)27)29-12(23)1-2-28-14(24)15-6-9-3-10(7-15)5-11(4-9)8-15/h9-11,13H,1-8H2,(H,25,26,27). The Morgan fingerprint density at radius 2 is 1.47 bits per heavy atom. The van der Waals surface area contributed by atoms with Gasteiger partial charge in [-0.1, -0.05) is 0 Å². The molecule has 1 N–H and O–H groups in total. The van der Waals surface area contributed by atoms with E-state index in [4.69, 9.17) is 9.29 Å². The molecule has 0 spiro atoms. The van der Waals surface area contributed by atoms with Crippen LogP contribution in [-0.4, -0.2) is 49.1 Å². The molecule has 0 aromatic rings. The van der Waals surface area contributed by atoms with Crippen LogP contribution in [0.15, 0.2) is 0 Å². The number of alkyl halides is 5. The molecule has 172 valence electrons. The largest absolute Gasteiger partial charge is 0.465 e. The van der Waals surface area contributed by atoms with E-state index in [9.17, 15) is 40.0 Å². The van der Waals surface area contributed by atoms with E-state index in [0.29, 0.717) is 37.0 Å². The zero-order valence-corrected chi connectivity index (χ0v) is 16.5. The third-order valence-electron chi connectivity index (χ3n) is 6.21. The van der Waals surface area contributed by atoms with E-state index in [1.807, 2.05) is 0 Å². The Bertz CT molecular complexity index is 773. The average molecular weight is 464 g/mol. The molecule has 0 aromatic heterocycles. The first-order chi connectivity index (χ1) is 13.6. The van der Waals surface area contributed by atoms with Gasteiger partial charge in [0.05, 0.1) is 11.8 Å². The zero-order valence-electron chi connectivity index (χ0n) is 15.7. The summed E-state index contributed by atoms with van der Waals surface area (Å²) in [5.74, 6) is -1.15. The third kappa shape index (κ3) is 4.41. The lowest BCUT2D eigenvalue weighted by Gasteiger charge is -2.55. The first-order valence-electron chi connectivity index (χ1n) is 9.42. The molecule has 0 amide bonds. The number of ether oxygens (including phenoxy) is 2. The van der Waals surface area contributed by atoms with Crippen LogP contribution in [0.2, 0.25) is 0 Å². The number of carbonyl (C=O) groups is 2. The van der Waals surface area contributed by atoms with Crippen LogP contribution in [0, 0.1) is 23.2 Å². The van der Waals surface area contributed by atoms with Gasteiger partial charge in [-0.05, 0) is 56.3 Å². The van der Waals surface area contributed by atoms with Crippen molar-refractivity contribution in [2.24, 2.45) is 23.2 Å². The van der Waals surface area contributed by atoms with E-state index in [2.05, 4.69) is 4.74 Å². The highest BCUT2D eigenvalue weighted by Crippen LogP contribution is 2.60. The Hall–Kier alpha value is -1.50. The minimum atomic E-state index is -6.51. The third-order valence-corrected chi connectivity index (χ3v) is 7.11. The lowest BCUT2D eigenvalue weighted by molar-refractivity contribution is -0.259. The lowest BCUT2D eigenvalue weighted by Crippen LogP contribution is -2.52. The number of hydrogen-bond acceptors (Lipinski definition) is 6. The van der Waals surface area contributed by atoms with Crippen molar-refractivity contribution in [2.45, 2.75) is 62.5 Å². The molecule has 4 bridgehead atoms. The number of carbonyl (C=O) groups excluding carboxylic acids is 2. The van der Waals surface area contributed by atoms with Gasteiger partial charge in [0.2, 0.25) is 0 Å². The van der Waals surface area contributed by atoms with Crippen LogP contribution in [0.5, 0.6) is 0 Å². The van der Waals surface area contributed by atoms with Crippen molar-refractivity contribution in [1.29, 1.82) is 0 Å². The lowest BCUT2D eigenvalue weighted by atomic mass is 9.49. The summed E-state index contributed by atoms with van der Waals surface area (Å²) in [5.41, 5.74) is -0.675. The van der Waals surface area contributed by atoms with E-state index in [-0.39, 0.29) is 0 Å². The van der Waals surface area contributed by atoms with Crippen molar-refractivity contribution in [2.75, 3.05) is 6.61 Å². The molecule has 0 heterocycles. The summed E-state index contributed by atoms with van der Waals surface area (Å²) in [6, 6.07) is 0. The molecule has 1 atom stereocenters. The fourth-order valence-corrected chi connectivity index (χ4v) is 5.84. The first kappa shape index (κ1) is 23.2. The summed E-state index contributed by atoms with van der Waals surface area (Å²) in [4.78, 5) is 24.1. The summed E-state index contributed by atoms with van der Waals surface area (Å²) in [6.07, 6.45) is -6.22. The highest BCUT2D eigenvalue weighted by molar-refractivity contribution is 7.86. The van der Waals surface area contributed by atoms with E-state index in [1.165, 1.54) is 0 Å². The molecule has 0 aromatic carbocycles. The van der Waals surface area contributed by atoms with Gasteiger partial charge in [0, 0.05) is 0 Å². The van der Waals surface area contributed by atoms with E-state index >= 15 is 0 Å². The van der Waals surface area contributed by atoms with E-state index < -0.39 is 58.0 Å². The van der Waals surface area contributed by atoms with Gasteiger partial charge in [0.1, 0.15) is 6.61 Å². The second-order valence-corrected chi connectivity index (χ2v) is 10.0. The Morgan fingerprint density at radius 3 is 1.87 bits per heavy atom. The summed E-state index contributed by atoms with van der Waals surface area (Å²) in [5, 5.41) is -5.79. The topological polar surface area (TPSA) is 107 Å². The normalized spacial score (nSPS) is 32.0. The molecule has 4 fully saturated rings. The fraction of sp³-hybridized carbons (Fsp3) is 0.882. The number of esters is 2. The molecule has 13 heteroatoms. The van der Waals surface area contributed by atoms with Crippen molar-refractivity contribution in [3.05, 3.63) is 0 Å². The van der Waals surface area contributed by atoms with E-state index in [0.717, 1.165) is 19.3 Å². The van der Waals surface area contributed by atoms with Crippen molar-refractivity contribution < 1.29 is 54.0 Å². The first-order valence-corrected chi connectivity index (χ1v) is 10.9. The Morgan fingerprint density at radius 1 is 1.00 bits per heavy atom. The Balaban J connectivity index is 1.56. The van der Waals surface area contributed by atoms with Crippen LogP contribution in [-0.2, 0) is 29.2 Å². The maximum Gasteiger partial charge on any atom is 0.432 e. The van der Waals surface area contributed by atoms with Crippen molar-refractivity contribution in [3.8, 4) is 0 Å². The Labute approximate surface area is 169 Å². The van der Waals surface area contributed by atoms with Gasteiger partial charge in [-0.25, -0.2) is 0 Å². The van der Waals surface area contributed by atoms with E-state index in [1.54, 1.807) is 0 Å². The van der Waals surface area contributed by atoms with Crippen molar-refractivity contribution >= 4 is 22.1 Å². The smallest absolute Gasteiger partial charge is 0.432 e. The average Bonchev–Trinajstić information content (AvgIpc) is 2.56. The van der Waals surface area contributed by atoms with Crippen LogP contribution >= 0.6 is 0 Å². The van der Waals surface area contributed by atoms with Gasteiger partial charge in [-0.3, -0.25) is 14.1 Å². The molecule has 7 nitrogen and oxygen atoms in total. The minimum Gasteiger partial charge on any atom is -0.465 e. The monoisotopic (exact) mass is 464 g/mol. The van der Waals surface area contributed by atoms with Gasteiger partial charge in [-0.15, -0.1) is 0 Å². The highest BCUT2D eigenvalue weighted by atomic mass is 32.2. The molecule has 0 saturated heterocycles. The van der Waals surface area contributed by atoms with Gasteiger partial charge >= 0.3 is 33.5 Å². The predicted molar refractivity (Wildman–Crippen MR) is 88.6 cm³/mol. The van der Waals surface area contributed by atoms with Gasteiger partial charge < -0.3 is 9.47 Å². The molecule has 4 saturated carbocycles. The highest BCUT2D eigenvalue weighted by Gasteiger charge is 2.66. The molecule has 4 aliphatic carbocycles. The molecular weight excluding hydrogens is 443 g/mol. The number of hydrogen-bond donors (Lipinski definition) is 1. The second kappa shape index (κ2) is 7.57. The molecule has 4 rings (SSSR count). The van der Waals surface area contributed by atoms with Crippen molar-refractivity contribution in [1.82, 2.24) is 0 Å². The quantitative estimate of drug-likeness (QED) is 0.351. The summed E-state index contributed by atoms with van der Waals surface area (Å²) >= 11 is 0. The SMILES string of the molecule is O=C(CCOC(=O)C12CC3CC(CC(C3)C1)C2)OC(C(F)(F)F)C(F)(F)S(=O)(=O)O. The van der Waals surface area contributed by atoms with Crippen LogP contribution in [0.1, 0.15) is 44.9 Å². The number of rotatable bonds is 7. The van der Waals surface area contributed by atoms with Gasteiger partial charge in [0.15, 0.2) is 0 Å². The maximum absolute atomic E-state index is 13.4. The minimum absolute atomic E-state index is 0.420.